The lowest BCUT2D eigenvalue weighted by atomic mass is 10.0. The summed E-state index contributed by atoms with van der Waals surface area (Å²) < 4.78 is 0. The quantitative estimate of drug-likeness (QED) is 0.827. The largest absolute Gasteiger partial charge is 0.356 e. The lowest BCUT2D eigenvalue weighted by Crippen LogP contribution is -2.26. The highest BCUT2D eigenvalue weighted by Crippen LogP contribution is 2.30. The Morgan fingerprint density at radius 1 is 1.44 bits per heavy atom. The maximum absolute atomic E-state index is 11.7. The predicted molar refractivity (Wildman–Crippen MR) is 77.1 cm³/mol. The Bertz CT molecular complexity index is 417. The fourth-order valence-electron chi connectivity index (χ4n) is 2.18. The molecule has 3 heteroatoms. The first-order chi connectivity index (χ1) is 8.79. The van der Waals surface area contributed by atoms with Crippen molar-refractivity contribution in [2.45, 2.75) is 43.9 Å². The number of fused-ring (bicyclic) bond motifs is 1. The van der Waals surface area contributed by atoms with E-state index in [0.717, 1.165) is 31.4 Å². The third-order valence-corrected chi connectivity index (χ3v) is 4.39. The van der Waals surface area contributed by atoms with Crippen molar-refractivity contribution in [3.63, 3.8) is 0 Å². The maximum atomic E-state index is 11.7. The first-order valence-electron chi connectivity index (χ1n) is 6.81. The third-order valence-electron chi connectivity index (χ3n) is 3.19. The molecule has 1 aliphatic rings. The molecular weight excluding hydrogens is 242 g/mol. The van der Waals surface area contributed by atoms with E-state index < -0.39 is 0 Å². The van der Waals surface area contributed by atoms with Gasteiger partial charge in [0.1, 0.15) is 0 Å². The summed E-state index contributed by atoms with van der Waals surface area (Å²) in [5.74, 6) is 1.37. The number of aryl methyl sites for hydroxylation is 1. The number of hydrogen-bond donors (Lipinski definition) is 1. The first kappa shape index (κ1) is 13.5. The first-order valence-corrected chi connectivity index (χ1v) is 7.79. The van der Waals surface area contributed by atoms with Gasteiger partial charge in [0.05, 0.1) is 6.42 Å². The number of benzene rings is 1. The molecule has 0 spiro atoms. The van der Waals surface area contributed by atoms with Gasteiger partial charge in [0, 0.05) is 11.4 Å². The molecule has 0 fully saturated rings. The topological polar surface area (TPSA) is 29.1 Å². The van der Waals surface area contributed by atoms with Gasteiger partial charge >= 0.3 is 0 Å². The van der Waals surface area contributed by atoms with Crippen LogP contribution in [0.2, 0.25) is 0 Å². The van der Waals surface area contributed by atoms with E-state index in [2.05, 4.69) is 30.4 Å². The molecule has 2 nitrogen and oxygen atoms in total. The number of amides is 1. The second-order valence-corrected chi connectivity index (χ2v) is 5.91. The summed E-state index contributed by atoms with van der Waals surface area (Å²) in [4.78, 5) is 13.1. The second kappa shape index (κ2) is 6.83. The molecular formula is C15H21NOS. The minimum atomic E-state index is 0.145. The number of unbranched alkanes of at least 4 members (excludes halogenated alkanes) is 1. The van der Waals surface area contributed by atoms with Gasteiger partial charge in [-0.3, -0.25) is 4.79 Å². The summed E-state index contributed by atoms with van der Waals surface area (Å²) in [6.45, 7) is 2.93. The number of carbonyl (C=O) groups is 1. The van der Waals surface area contributed by atoms with Crippen LogP contribution < -0.4 is 5.32 Å². The van der Waals surface area contributed by atoms with Crippen molar-refractivity contribution in [3.8, 4) is 0 Å². The van der Waals surface area contributed by atoms with Gasteiger partial charge in [-0.1, -0.05) is 25.5 Å². The van der Waals surface area contributed by atoms with E-state index in [1.807, 2.05) is 11.8 Å². The van der Waals surface area contributed by atoms with Crippen molar-refractivity contribution >= 4 is 17.7 Å². The third kappa shape index (κ3) is 3.77. The van der Waals surface area contributed by atoms with Crippen molar-refractivity contribution < 1.29 is 4.79 Å². The standard InChI is InChI=1S/C15H21NOS/c1-2-3-8-16-15(17)11-12-6-7-14-13(10-12)5-4-9-18-14/h6-7,10H,2-5,8-9,11H2,1H3,(H,16,17). The van der Waals surface area contributed by atoms with Crippen LogP contribution in [0.25, 0.3) is 0 Å². The molecule has 0 radical (unpaired) electrons. The van der Waals surface area contributed by atoms with Crippen LogP contribution in [0.3, 0.4) is 0 Å². The SMILES string of the molecule is CCCCNC(=O)Cc1ccc2c(c1)CCCS2. The molecule has 0 aliphatic carbocycles. The molecule has 0 bridgehead atoms. The molecule has 2 rings (SSSR count). The van der Waals surface area contributed by atoms with Crippen LogP contribution in [-0.2, 0) is 17.6 Å². The van der Waals surface area contributed by atoms with Gasteiger partial charge < -0.3 is 5.32 Å². The molecule has 0 saturated heterocycles. The van der Waals surface area contributed by atoms with Crippen LogP contribution >= 0.6 is 11.8 Å². The number of hydrogen-bond acceptors (Lipinski definition) is 2. The van der Waals surface area contributed by atoms with Gasteiger partial charge in [0.25, 0.3) is 0 Å². The average molecular weight is 263 g/mol. The predicted octanol–water partition coefficient (Wildman–Crippen LogP) is 3.18. The lowest BCUT2D eigenvalue weighted by Gasteiger charge is -2.16. The second-order valence-electron chi connectivity index (χ2n) is 4.77. The van der Waals surface area contributed by atoms with E-state index in [9.17, 15) is 4.79 Å². The Hall–Kier alpha value is -0.960. The Morgan fingerprint density at radius 2 is 2.33 bits per heavy atom. The Morgan fingerprint density at radius 3 is 3.17 bits per heavy atom. The molecule has 1 aromatic rings. The van der Waals surface area contributed by atoms with Gasteiger partial charge in [0.2, 0.25) is 5.91 Å². The molecule has 0 saturated carbocycles. The zero-order valence-corrected chi connectivity index (χ0v) is 11.8. The summed E-state index contributed by atoms with van der Waals surface area (Å²) >= 11 is 1.93. The summed E-state index contributed by atoms with van der Waals surface area (Å²) in [5, 5.41) is 2.97. The monoisotopic (exact) mass is 263 g/mol. The van der Waals surface area contributed by atoms with Crippen molar-refractivity contribution in [3.05, 3.63) is 29.3 Å². The zero-order valence-electron chi connectivity index (χ0n) is 11.0. The molecule has 0 unspecified atom stereocenters. The Labute approximate surface area is 114 Å². The summed E-state index contributed by atoms with van der Waals surface area (Å²) in [6, 6.07) is 6.48. The fourth-order valence-corrected chi connectivity index (χ4v) is 3.20. The van der Waals surface area contributed by atoms with Crippen LogP contribution in [0.5, 0.6) is 0 Å². The normalized spacial score (nSPS) is 14.1. The number of nitrogens with one attached hydrogen (secondary N) is 1. The van der Waals surface area contributed by atoms with Crippen LogP contribution in [0, 0.1) is 0 Å². The average Bonchev–Trinajstić information content (AvgIpc) is 2.39. The zero-order chi connectivity index (χ0) is 12.8. The molecule has 1 aromatic carbocycles. The highest BCUT2D eigenvalue weighted by atomic mass is 32.2. The van der Waals surface area contributed by atoms with Crippen LogP contribution in [-0.4, -0.2) is 18.2 Å². The van der Waals surface area contributed by atoms with Crippen LogP contribution in [0.1, 0.15) is 37.3 Å². The van der Waals surface area contributed by atoms with Crippen LogP contribution in [0.15, 0.2) is 23.1 Å². The highest BCUT2D eigenvalue weighted by molar-refractivity contribution is 7.99. The minimum absolute atomic E-state index is 0.145. The molecule has 1 N–H and O–H groups in total. The van der Waals surface area contributed by atoms with E-state index in [-0.39, 0.29) is 5.91 Å². The van der Waals surface area contributed by atoms with Gasteiger partial charge in [-0.05, 0) is 42.2 Å². The van der Waals surface area contributed by atoms with E-state index in [1.165, 1.54) is 22.6 Å². The Kier molecular flexibility index (Phi) is 5.12. The highest BCUT2D eigenvalue weighted by Gasteiger charge is 2.11. The molecule has 1 amide bonds. The molecule has 0 aromatic heterocycles. The van der Waals surface area contributed by atoms with Crippen molar-refractivity contribution in [1.82, 2.24) is 5.32 Å². The van der Waals surface area contributed by atoms with Gasteiger partial charge in [-0.25, -0.2) is 0 Å². The van der Waals surface area contributed by atoms with Crippen LogP contribution in [0.4, 0.5) is 0 Å². The van der Waals surface area contributed by atoms with Crippen molar-refractivity contribution in [1.29, 1.82) is 0 Å². The van der Waals surface area contributed by atoms with Crippen molar-refractivity contribution in [2.75, 3.05) is 12.3 Å². The maximum Gasteiger partial charge on any atom is 0.224 e. The Balaban J connectivity index is 1.91. The summed E-state index contributed by atoms with van der Waals surface area (Å²) in [5.41, 5.74) is 2.57. The van der Waals surface area contributed by atoms with Gasteiger partial charge in [-0.2, -0.15) is 0 Å². The molecule has 1 heterocycles. The van der Waals surface area contributed by atoms with Crippen molar-refractivity contribution in [2.24, 2.45) is 0 Å². The summed E-state index contributed by atoms with van der Waals surface area (Å²) in [7, 11) is 0. The number of rotatable bonds is 5. The number of carbonyl (C=O) groups excluding carboxylic acids is 1. The molecule has 18 heavy (non-hydrogen) atoms. The minimum Gasteiger partial charge on any atom is -0.356 e. The molecule has 98 valence electrons. The van der Waals surface area contributed by atoms with E-state index in [4.69, 9.17) is 0 Å². The molecule has 1 aliphatic heterocycles. The van der Waals surface area contributed by atoms with E-state index in [0.29, 0.717) is 6.42 Å². The van der Waals surface area contributed by atoms with E-state index >= 15 is 0 Å². The van der Waals surface area contributed by atoms with Gasteiger partial charge in [-0.15, -0.1) is 11.8 Å². The smallest absolute Gasteiger partial charge is 0.224 e. The summed E-state index contributed by atoms with van der Waals surface area (Å²) in [6.07, 6.45) is 5.11. The molecule has 0 atom stereocenters. The van der Waals surface area contributed by atoms with Gasteiger partial charge in [0.15, 0.2) is 0 Å². The van der Waals surface area contributed by atoms with E-state index in [1.54, 1.807) is 0 Å². The fraction of sp³-hybridized carbons (Fsp3) is 0.533. The number of thioether (sulfide) groups is 1. The lowest BCUT2D eigenvalue weighted by molar-refractivity contribution is -0.120.